The van der Waals surface area contributed by atoms with Gasteiger partial charge in [-0.05, 0) is 46.4 Å². The maximum absolute atomic E-state index is 12.9. The second-order valence-electron chi connectivity index (χ2n) is 8.57. The quantitative estimate of drug-likeness (QED) is 0.408. The summed E-state index contributed by atoms with van der Waals surface area (Å²) in [5, 5.41) is 14.4. The third-order valence-electron chi connectivity index (χ3n) is 6.08. The molecule has 180 valence electrons. The molecule has 0 heterocycles. The van der Waals surface area contributed by atoms with Gasteiger partial charge in [-0.3, -0.25) is 9.59 Å². The fraction of sp³-hybridized carbons (Fsp3) is 0.250. The lowest BCUT2D eigenvalue weighted by molar-refractivity contribution is -0.136. The second kappa shape index (κ2) is 10.9. The maximum atomic E-state index is 12.9. The fourth-order valence-corrected chi connectivity index (χ4v) is 4.50. The van der Waals surface area contributed by atoms with Crippen molar-refractivity contribution >= 4 is 23.7 Å². The van der Waals surface area contributed by atoms with Crippen LogP contribution in [0.15, 0.2) is 72.8 Å². The van der Waals surface area contributed by atoms with Gasteiger partial charge in [0.2, 0.25) is 5.91 Å². The first-order valence-corrected chi connectivity index (χ1v) is 11.7. The van der Waals surface area contributed by atoms with E-state index >= 15 is 0 Å². The van der Waals surface area contributed by atoms with Gasteiger partial charge in [-0.15, -0.1) is 0 Å². The Morgan fingerprint density at radius 1 is 0.943 bits per heavy atom. The Hall–Kier alpha value is -4.13. The number of rotatable bonds is 9. The van der Waals surface area contributed by atoms with Crippen molar-refractivity contribution in [2.45, 2.75) is 38.1 Å². The van der Waals surface area contributed by atoms with Crippen LogP contribution in [0.3, 0.4) is 0 Å². The molecule has 35 heavy (non-hydrogen) atoms. The molecule has 1 aliphatic rings. The molecule has 3 aromatic carbocycles. The molecule has 0 saturated heterocycles. The number of ether oxygens (including phenoxy) is 1. The summed E-state index contributed by atoms with van der Waals surface area (Å²) < 4.78 is 5.58. The third kappa shape index (κ3) is 5.69. The summed E-state index contributed by atoms with van der Waals surface area (Å²) in [6.07, 6.45) is 0.325. The molecule has 0 bridgehead atoms. The van der Waals surface area contributed by atoms with E-state index in [1.165, 1.54) is 0 Å². The van der Waals surface area contributed by atoms with E-state index in [0.29, 0.717) is 24.1 Å². The van der Waals surface area contributed by atoms with E-state index in [1.54, 1.807) is 24.3 Å². The predicted molar refractivity (Wildman–Crippen MR) is 133 cm³/mol. The standard InChI is InChI=1S/C28H28N2O5/c1-2-8-25(27(33)29-19-10-7-9-18(15-19)16-26(31)32)30-28(34)35-17-24-22-13-5-3-11-20(22)21-12-4-6-14-23(21)24/h3-7,9-15,24-25H,2,8,16-17H2,1H3,(H,29,33)(H,30,34)(H,31,32)/t25-/m1/s1. The highest BCUT2D eigenvalue weighted by atomic mass is 16.5. The van der Waals surface area contributed by atoms with Crippen molar-refractivity contribution in [3.8, 4) is 11.1 Å². The van der Waals surface area contributed by atoms with Crippen LogP contribution in [0, 0.1) is 0 Å². The van der Waals surface area contributed by atoms with Crippen LogP contribution in [0.5, 0.6) is 0 Å². The van der Waals surface area contributed by atoms with Crippen LogP contribution < -0.4 is 10.6 Å². The Balaban J connectivity index is 1.39. The number of aliphatic carboxylic acids is 1. The van der Waals surface area contributed by atoms with E-state index < -0.39 is 18.1 Å². The number of carboxylic acid groups (broad SMARTS) is 1. The van der Waals surface area contributed by atoms with Gasteiger partial charge in [0.1, 0.15) is 12.6 Å². The minimum atomic E-state index is -0.950. The molecule has 1 aliphatic carbocycles. The van der Waals surface area contributed by atoms with Gasteiger partial charge in [-0.25, -0.2) is 4.79 Å². The van der Waals surface area contributed by atoms with E-state index in [9.17, 15) is 14.4 Å². The molecule has 0 unspecified atom stereocenters. The molecule has 1 atom stereocenters. The van der Waals surface area contributed by atoms with Crippen LogP contribution in [-0.4, -0.2) is 35.7 Å². The zero-order chi connectivity index (χ0) is 24.8. The highest BCUT2D eigenvalue weighted by Gasteiger charge is 2.29. The largest absolute Gasteiger partial charge is 0.481 e. The Bertz CT molecular complexity index is 1190. The molecule has 0 aromatic heterocycles. The number of anilines is 1. The van der Waals surface area contributed by atoms with Gasteiger partial charge in [0.05, 0.1) is 6.42 Å². The first-order valence-electron chi connectivity index (χ1n) is 11.7. The zero-order valence-corrected chi connectivity index (χ0v) is 19.5. The molecular formula is C28H28N2O5. The number of carbonyl (C=O) groups excluding carboxylic acids is 2. The lowest BCUT2D eigenvalue weighted by Crippen LogP contribution is -2.44. The van der Waals surface area contributed by atoms with Crippen molar-refractivity contribution in [1.29, 1.82) is 0 Å². The van der Waals surface area contributed by atoms with Gasteiger partial charge >= 0.3 is 12.1 Å². The molecule has 0 fully saturated rings. The van der Waals surface area contributed by atoms with Gasteiger partial charge in [-0.1, -0.05) is 74.0 Å². The second-order valence-corrected chi connectivity index (χ2v) is 8.57. The van der Waals surface area contributed by atoms with Gasteiger partial charge in [0.15, 0.2) is 0 Å². The number of amides is 2. The molecule has 7 nitrogen and oxygen atoms in total. The predicted octanol–water partition coefficient (Wildman–Crippen LogP) is 4.96. The summed E-state index contributed by atoms with van der Waals surface area (Å²) in [6, 6.07) is 22.1. The van der Waals surface area contributed by atoms with Crippen LogP contribution in [0.4, 0.5) is 10.5 Å². The van der Waals surface area contributed by atoms with Crippen LogP contribution in [0.2, 0.25) is 0 Å². The number of benzene rings is 3. The number of alkyl carbamates (subject to hydrolysis) is 1. The number of hydrogen-bond acceptors (Lipinski definition) is 4. The first kappa shape index (κ1) is 24.0. The smallest absolute Gasteiger partial charge is 0.407 e. The molecule has 3 N–H and O–H groups in total. The molecular weight excluding hydrogens is 444 g/mol. The number of nitrogens with one attached hydrogen (secondary N) is 2. The number of hydrogen-bond donors (Lipinski definition) is 3. The Morgan fingerprint density at radius 3 is 2.23 bits per heavy atom. The normalized spacial score (nSPS) is 12.8. The van der Waals surface area contributed by atoms with E-state index in [0.717, 1.165) is 22.3 Å². The summed E-state index contributed by atoms with van der Waals surface area (Å²) in [4.78, 5) is 36.5. The maximum Gasteiger partial charge on any atom is 0.407 e. The molecule has 4 rings (SSSR count). The summed E-state index contributed by atoms with van der Waals surface area (Å²) in [6.45, 7) is 2.09. The molecule has 2 amide bonds. The molecule has 7 heteroatoms. The van der Waals surface area contributed by atoms with Gasteiger partial charge < -0.3 is 20.5 Å². The number of carboxylic acids is 1. The average Bonchev–Trinajstić information content (AvgIpc) is 3.16. The molecule has 0 radical (unpaired) electrons. The van der Waals surface area contributed by atoms with Gasteiger partial charge in [0.25, 0.3) is 0 Å². The average molecular weight is 473 g/mol. The Labute approximate surface area is 204 Å². The molecule has 0 spiro atoms. The van der Waals surface area contributed by atoms with Gasteiger partial charge in [-0.2, -0.15) is 0 Å². The summed E-state index contributed by atoms with van der Waals surface area (Å²) in [7, 11) is 0. The highest BCUT2D eigenvalue weighted by molar-refractivity contribution is 5.96. The monoisotopic (exact) mass is 472 g/mol. The van der Waals surface area contributed by atoms with Crippen molar-refractivity contribution < 1.29 is 24.2 Å². The summed E-state index contributed by atoms with van der Waals surface area (Å²) in [5.74, 6) is -1.40. The number of fused-ring (bicyclic) bond motifs is 3. The van der Waals surface area contributed by atoms with Gasteiger partial charge in [0, 0.05) is 11.6 Å². The first-order chi connectivity index (χ1) is 17.0. The van der Waals surface area contributed by atoms with Crippen LogP contribution in [0.1, 0.15) is 42.4 Å². The fourth-order valence-electron chi connectivity index (χ4n) is 4.50. The number of carbonyl (C=O) groups is 3. The highest BCUT2D eigenvalue weighted by Crippen LogP contribution is 2.44. The van der Waals surface area contributed by atoms with Crippen molar-refractivity contribution in [3.05, 3.63) is 89.5 Å². The minimum Gasteiger partial charge on any atom is -0.481 e. The molecule has 3 aromatic rings. The lowest BCUT2D eigenvalue weighted by Gasteiger charge is -2.19. The minimum absolute atomic E-state index is 0.0661. The van der Waals surface area contributed by atoms with E-state index in [4.69, 9.17) is 9.84 Å². The van der Waals surface area contributed by atoms with Crippen molar-refractivity contribution in [2.75, 3.05) is 11.9 Å². The summed E-state index contributed by atoms with van der Waals surface area (Å²) in [5.41, 5.74) is 5.57. The Morgan fingerprint density at radius 2 is 1.60 bits per heavy atom. The van der Waals surface area contributed by atoms with Crippen LogP contribution in [0.25, 0.3) is 11.1 Å². The SMILES string of the molecule is CCC[C@@H](NC(=O)OCC1c2ccccc2-c2ccccc21)C(=O)Nc1cccc(CC(=O)O)c1. The topological polar surface area (TPSA) is 105 Å². The van der Waals surface area contributed by atoms with Crippen LogP contribution >= 0.6 is 0 Å². The van der Waals surface area contributed by atoms with Crippen molar-refractivity contribution in [1.82, 2.24) is 5.32 Å². The summed E-state index contributed by atoms with van der Waals surface area (Å²) >= 11 is 0. The molecule has 0 saturated carbocycles. The zero-order valence-electron chi connectivity index (χ0n) is 19.5. The van der Waals surface area contributed by atoms with Crippen LogP contribution in [-0.2, 0) is 20.7 Å². The van der Waals surface area contributed by atoms with E-state index in [-0.39, 0.29) is 24.9 Å². The third-order valence-corrected chi connectivity index (χ3v) is 6.08. The molecule has 0 aliphatic heterocycles. The van der Waals surface area contributed by atoms with Crippen molar-refractivity contribution in [2.24, 2.45) is 0 Å². The lowest BCUT2D eigenvalue weighted by atomic mass is 9.98. The van der Waals surface area contributed by atoms with Crippen molar-refractivity contribution in [3.63, 3.8) is 0 Å². The van der Waals surface area contributed by atoms with E-state index in [2.05, 4.69) is 22.8 Å². The Kier molecular flexibility index (Phi) is 7.45. The van der Waals surface area contributed by atoms with E-state index in [1.807, 2.05) is 43.3 Å².